The maximum Gasteiger partial charge on any atom is 0.119 e. The molecule has 3 heteroatoms. The van der Waals surface area contributed by atoms with Gasteiger partial charge >= 0.3 is 0 Å². The minimum atomic E-state index is 0.304. The number of aromatic hydroxyl groups is 1. The number of benzene rings is 2. The van der Waals surface area contributed by atoms with E-state index in [1.807, 2.05) is 31.2 Å². The van der Waals surface area contributed by atoms with E-state index >= 15 is 0 Å². The smallest absolute Gasteiger partial charge is 0.119 e. The topological polar surface area (TPSA) is 41.5 Å². The molecule has 2 aromatic carbocycles. The van der Waals surface area contributed by atoms with Gasteiger partial charge in [0.2, 0.25) is 0 Å². The van der Waals surface area contributed by atoms with Crippen LogP contribution in [0.5, 0.6) is 11.5 Å². The van der Waals surface area contributed by atoms with Gasteiger partial charge < -0.3 is 15.2 Å². The lowest BCUT2D eigenvalue weighted by atomic mass is 10.1. The van der Waals surface area contributed by atoms with Crippen molar-refractivity contribution in [2.45, 2.75) is 26.3 Å². The number of hydrogen-bond donors (Lipinski definition) is 2. The highest BCUT2D eigenvalue weighted by Gasteiger charge is 2.04. The van der Waals surface area contributed by atoms with E-state index in [1.54, 1.807) is 12.1 Å². The fourth-order valence-electron chi connectivity index (χ4n) is 2.23. The SMILES string of the molecule is CCOc1ccc(C(C)NCCc2ccc(O)cc2)cc1. The first kappa shape index (κ1) is 15.4. The van der Waals surface area contributed by atoms with E-state index in [9.17, 15) is 5.11 Å². The zero-order valence-electron chi connectivity index (χ0n) is 12.7. The van der Waals surface area contributed by atoms with Gasteiger partial charge in [-0.3, -0.25) is 0 Å². The lowest BCUT2D eigenvalue weighted by molar-refractivity contribution is 0.340. The third-order valence-electron chi connectivity index (χ3n) is 3.49. The van der Waals surface area contributed by atoms with Gasteiger partial charge in [0.1, 0.15) is 11.5 Å². The number of ether oxygens (including phenoxy) is 1. The molecule has 0 aliphatic rings. The molecule has 1 unspecified atom stereocenters. The summed E-state index contributed by atoms with van der Waals surface area (Å²) in [5.41, 5.74) is 2.48. The summed E-state index contributed by atoms with van der Waals surface area (Å²) in [5, 5.41) is 12.8. The van der Waals surface area contributed by atoms with Crippen molar-refractivity contribution in [3.8, 4) is 11.5 Å². The zero-order chi connectivity index (χ0) is 15.1. The van der Waals surface area contributed by atoms with Crippen LogP contribution in [-0.4, -0.2) is 18.3 Å². The zero-order valence-corrected chi connectivity index (χ0v) is 12.7. The molecule has 0 heterocycles. The van der Waals surface area contributed by atoms with E-state index in [-0.39, 0.29) is 0 Å². The predicted molar refractivity (Wildman–Crippen MR) is 85.8 cm³/mol. The van der Waals surface area contributed by atoms with Gasteiger partial charge in [0.15, 0.2) is 0 Å². The summed E-state index contributed by atoms with van der Waals surface area (Å²) in [6.07, 6.45) is 0.946. The van der Waals surface area contributed by atoms with E-state index in [4.69, 9.17) is 4.74 Å². The van der Waals surface area contributed by atoms with Crippen LogP contribution in [0, 0.1) is 0 Å². The molecule has 0 aromatic heterocycles. The minimum Gasteiger partial charge on any atom is -0.508 e. The number of hydrogen-bond acceptors (Lipinski definition) is 3. The molecule has 0 saturated heterocycles. The van der Waals surface area contributed by atoms with Crippen LogP contribution >= 0.6 is 0 Å². The Balaban J connectivity index is 1.81. The fraction of sp³-hybridized carbons (Fsp3) is 0.333. The normalized spacial score (nSPS) is 12.1. The van der Waals surface area contributed by atoms with Gasteiger partial charge in [-0.05, 0) is 62.2 Å². The van der Waals surface area contributed by atoms with Crippen molar-refractivity contribution in [3.63, 3.8) is 0 Å². The van der Waals surface area contributed by atoms with E-state index in [0.717, 1.165) is 18.7 Å². The summed E-state index contributed by atoms with van der Waals surface area (Å²) in [6, 6.07) is 15.9. The van der Waals surface area contributed by atoms with Gasteiger partial charge in [-0.1, -0.05) is 24.3 Å². The van der Waals surface area contributed by atoms with Crippen LogP contribution in [0.4, 0.5) is 0 Å². The Bertz CT molecular complexity index is 534. The van der Waals surface area contributed by atoms with Crippen LogP contribution in [0.3, 0.4) is 0 Å². The molecule has 0 radical (unpaired) electrons. The molecular formula is C18H23NO2. The first-order valence-electron chi connectivity index (χ1n) is 7.43. The van der Waals surface area contributed by atoms with Crippen molar-refractivity contribution in [1.82, 2.24) is 5.32 Å². The second kappa shape index (κ2) is 7.70. The predicted octanol–water partition coefficient (Wildman–Crippen LogP) is 3.68. The summed E-state index contributed by atoms with van der Waals surface area (Å²) >= 11 is 0. The minimum absolute atomic E-state index is 0.304. The van der Waals surface area contributed by atoms with Gasteiger partial charge in [0.25, 0.3) is 0 Å². The Morgan fingerprint density at radius 3 is 2.33 bits per heavy atom. The average Bonchev–Trinajstić information content (AvgIpc) is 2.50. The van der Waals surface area contributed by atoms with Gasteiger partial charge in [0.05, 0.1) is 6.61 Å². The Morgan fingerprint density at radius 2 is 1.71 bits per heavy atom. The summed E-state index contributed by atoms with van der Waals surface area (Å²) in [5.74, 6) is 1.23. The van der Waals surface area contributed by atoms with Crippen LogP contribution in [0.15, 0.2) is 48.5 Å². The van der Waals surface area contributed by atoms with Crippen LogP contribution in [0.1, 0.15) is 31.0 Å². The molecule has 112 valence electrons. The first-order valence-corrected chi connectivity index (χ1v) is 7.43. The largest absolute Gasteiger partial charge is 0.508 e. The lowest BCUT2D eigenvalue weighted by Crippen LogP contribution is -2.21. The number of phenolic OH excluding ortho intramolecular Hbond substituents is 1. The van der Waals surface area contributed by atoms with Crippen LogP contribution in [0.2, 0.25) is 0 Å². The highest BCUT2D eigenvalue weighted by Crippen LogP contribution is 2.17. The molecule has 2 aromatic rings. The highest BCUT2D eigenvalue weighted by atomic mass is 16.5. The van der Waals surface area contributed by atoms with Crippen molar-refractivity contribution < 1.29 is 9.84 Å². The quantitative estimate of drug-likeness (QED) is 0.815. The lowest BCUT2D eigenvalue weighted by Gasteiger charge is -2.15. The second-order valence-electron chi connectivity index (χ2n) is 5.09. The molecule has 0 spiro atoms. The molecule has 1 atom stereocenters. The summed E-state index contributed by atoms with van der Waals surface area (Å²) in [4.78, 5) is 0. The maximum absolute atomic E-state index is 9.25. The van der Waals surface area contributed by atoms with Crippen molar-refractivity contribution in [1.29, 1.82) is 0 Å². The Labute approximate surface area is 126 Å². The third-order valence-corrected chi connectivity index (χ3v) is 3.49. The number of rotatable bonds is 7. The molecule has 0 aliphatic carbocycles. The van der Waals surface area contributed by atoms with Crippen LogP contribution in [0.25, 0.3) is 0 Å². The van der Waals surface area contributed by atoms with Gasteiger partial charge in [0, 0.05) is 6.04 Å². The molecule has 3 nitrogen and oxygen atoms in total. The molecule has 0 aliphatic heterocycles. The third kappa shape index (κ3) is 4.80. The molecular weight excluding hydrogens is 262 g/mol. The summed E-state index contributed by atoms with van der Waals surface area (Å²) in [7, 11) is 0. The number of nitrogens with one attached hydrogen (secondary N) is 1. The Kier molecular flexibility index (Phi) is 5.64. The molecule has 0 saturated carbocycles. The standard InChI is InChI=1S/C18H23NO2/c1-3-21-18-10-6-16(7-11-18)14(2)19-13-12-15-4-8-17(20)9-5-15/h4-11,14,19-20H,3,12-13H2,1-2H3. The highest BCUT2D eigenvalue weighted by molar-refractivity contribution is 5.29. The molecule has 2 rings (SSSR count). The summed E-state index contributed by atoms with van der Waals surface area (Å²) < 4.78 is 5.45. The Hall–Kier alpha value is -2.00. The average molecular weight is 285 g/mol. The van der Waals surface area contributed by atoms with E-state index in [1.165, 1.54) is 11.1 Å². The molecule has 21 heavy (non-hydrogen) atoms. The monoisotopic (exact) mass is 285 g/mol. The van der Waals surface area contributed by atoms with E-state index in [2.05, 4.69) is 24.4 Å². The number of phenols is 1. The maximum atomic E-state index is 9.25. The van der Waals surface area contributed by atoms with Crippen molar-refractivity contribution >= 4 is 0 Å². The summed E-state index contributed by atoms with van der Waals surface area (Å²) in [6.45, 7) is 5.74. The van der Waals surface area contributed by atoms with Gasteiger partial charge in [-0.15, -0.1) is 0 Å². The van der Waals surface area contributed by atoms with Crippen LogP contribution < -0.4 is 10.1 Å². The van der Waals surface area contributed by atoms with E-state index in [0.29, 0.717) is 18.4 Å². The molecule has 0 amide bonds. The van der Waals surface area contributed by atoms with E-state index < -0.39 is 0 Å². The van der Waals surface area contributed by atoms with Crippen molar-refractivity contribution in [2.75, 3.05) is 13.2 Å². The van der Waals surface area contributed by atoms with Gasteiger partial charge in [-0.2, -0.15) is 0 Å². The van der Waals surface area contributed by atoms with Crippen LogP contribution in [-0.2, 0) is 6.42 Å². The van der Waals surface area contributed by atoms with Crippen molar-refractivity contribution in [3.05, 3.63) is 59.7 Å². The van der Waals surface area contributed by atoms with Crippen molar-refractivity contribution in [2.24, 2.45) is 0 Å². The first-order chi connectivity index (χ1) is 10.2. The molecule has 0 bridgehead atoms. The molecule has 0 fully saturated rings. The Morgan fingerprint density at radius 1 is 1.05 bits per heavy atom. The fourth-order valence-corrected chi connectivity index (χ4v) is 2.23. The second-order valence-corrected chi connectivity index (χ2v) is 5.09. The molecule has 2 N–H and O–H groups in total. The van der Waals surface area contributed by atoms with Gasteiger partial charge in [-0.25, -0.2) is 0 Å².